The van der Waals surface area contributed by atoms with Crippen LogP contribution in [0.25, 0.3) is 33.4 Å². The van der Waals surface area contributed by atoms with Gasteiger partial charge in [-0.2, -0.15) is 15.5 Å². The summed E-state index contributed by atoms with van der Waals surface area (Å²) in [5.41, 5.74) is 3.96. The van der Waals surface area contributed by atoms with E-state index < -0.39 is 11.9 Å². The topological polar surface area (TPSA) is 202 Å². The van der Waals surface area contributed by atoms with Gasteiger partial charge < -0.3 is 14.5 Å². The molecule has 0 bridgehead atoms. The van der Waals surface area contributed by atoms with Crippen LogP contribution in [0.3, 0.4) is 0 Å². The van der Waals surface area contributed by atoms with Gasteiger partial charge in [-0.1, -0.05) is 30.3 Å². The lowest BCUT2D eigenvalue weighted by Gasteiger charge is -2.36. The van der Waals surface area contributed by atoms with E-state index in [2.05, 4.69) is 41.4 Å². The van der Waals surface area contributed by atoms with E-state index in [0.717, 1.165) is 74.4 Å². The van der Waals surface area contributed by atoms with Crippen LogP contribution in [0.4, 0.5) is 5.69 Å². The van der Waals surface area contributed by atoms with Crippen molar-refractivity contribution in [2.45, 2.75) is 51.1 Å². The van der Waals surface area contributed by atoms with Crippen molar-refractivity contribution in [1.29, 1.82) is 5.26 Å². The summed E-state index contributed by atoms with van der Waals surface area (Å²) in [5, 5.41) is 21.6. The van der Waals surface area contributed by atoms with E-state index in [9.17, 15) is 29.2 Å². The highest BCUT2D eigenvalue weighted by Crippen LogP contribution is 2.25. The number of ether oxygens (including phenoxy) is 1. The van der Waals surface area contributed by atoms with Gasteiger partial charge in [0.1, 0.15) is 6.04 Å². The number of carbonyl (C=O) groups is 3. The molecular formula is C49H49N11O6. The largest absolute Gasteiger partial charge is 0.490 e. The minimum absolute atomic E-state index is 0.171. The minimum Gasteiger partial charge on any atom is -0.490 e. The Morgan fingerprint density at radius 1 is 0.833 bits per heavy atom. The number of amides is 3. The summed E-state index contributed by atoms with van der Waals surface area (Å²) < 4.78 is 8.68. The lowest BCUT2D eigenvalue weighted by Crippen LogP contribution is -2.47. The molecule has 17 nitrogen and oxygen atoms in total. The number of anilines is 1. The number of aromatic nitrogens is 6. The van der Waals surface area contributed by atoms with Crippen molar-refractivity contribution < 1.29 is 19.1 Å². The van der Waals surface area contributed by atoms with Crippen LogP contribution in [0.15, 0.2) is 107 Å². The molecule has 3 amide bonds. The van der Waals surface area contributed by atoms with Gasteiger partial charge in [-0.15, -0.1) is 0 Å². The van der Waals surface area contributed by atoms with Crippen LogP contribution in [0.5, 0.6) is 5.75 Å². The van der Waals surface area contributed by atoms with E-state index in [4.69, 9.17) is 4.74 Å². The quantitative estimate of drug-likeness (QED) is 0.162. The standard InChI is InChI=1S/C49H49N11O6/c50-27-34-4-1-6-36(24-34)42-11-14-46(63)59(55-42)31-35-5-2-7-37(25-35)47-51-29-40(30-52-47)66-32-33-15-18-58(19-16-33)45(62)8-3-17-56-20-22-57(23-21-56)39-9-10-41-38(26-39)28-53-60(49(41)65)43-12-13-44(61)54-48(43)64/h1-2,4-7,9-11,14,24-26,28-30,33,43H,3,8,12-13,15-23,31-32H2,(H,54,61,64). The fraction of sp³-hybridized carbons (Fsp3) is 0.347. The molecular weight excluding hydrogens is 839 g/mol. The molecule has 66 heavy (non-hydrogen) atoms. The predicted molar refractivity (Wildman–Crippen MR) is 245 cm³/mol. The molecule has 3 aliphatic rings. The van der Waals surface area contributed by atoms with Crippen molar-refractivity contribution in [3.8, 4) is 34.5 Å². The molecule has 1 atom stereocenters. The molecule has 0 saturated carbocycles. The zero-order chi connectivity index (χ0) is 45.6. The number of benzene rings is 3. The van der Waals surface area contributed by atoms with Gasteiger partial charge in [-0.3, -0.25) is 34.2 Å². The summed E-state index contributed by atoms with van der Waals surface area (Å²) in [4.78, 5) is 78.8. The summed E-state index contributed by atoms with van der Waals surface area (Å²) in [5.74, 6) is 0.790. The van der Waals surface area contributed by atoms with Gasteiger partial charge in [-0.05, 0) is 86.2 Å². The highest BCUT2D eigenvalue weighted by atomic mass is 16.5. The lowest BCUT2D eigenvalue weighted by atomic mass is 9.97. The molecule has 1 N–H and O–H groups in total. The van der Waals surface area contributed by atoms with Gasteiger partial charge in [0.2, 0.25) is 11.8 Å². The van der Waals surface area contributed by atoms with E-state index in [-0.39, 0.29) is 42.3 Å². The van der Waals surface area contributed by atoms with Gasteiger partial charge in [0.15, 0.2) is 11.6 Å². The Kier molecular flexibility index (Phi) is 13.0. The Bertz CT molecular complexity index is 2930. The third-order valence-corrected chi connectivity index (χ3v) is 12.7. The lowest BCUT2D eigenvalue weighted by molar-refractivity contribution is -0.136. The van der Waals surface area contributed by atoms with Crippen molar-refractivity contribution in [3.05, 3.63) is 129 Å². The van der Waals surface area contributed by atoms with Crippen molar-refractivity contribution in [2.24, 2.45) is 5.92 Å². The van der Waals surface area contributed by atoms with E-state index in [1.54, 1.807) is 48.9 Å². The summed E-state index contributed by atoms with van der Waals surface area (Å²) in [7, 11) is 0. The number of hydrogen-bond acceptors (Lipinski definition) is 13. The summed E-state index contributed by atoms with van der Waals surface area (Å²) >= 11 is 0. The zero-order valence-electron chi connectivity index (χ0n) is 36.4. The number of carbonyl (C=O) groups excluding carboxylic acids is 3. The minimum atomic E-state index is -0.798. The fourth-order valence-corrected chi connectivity index (χ4v) is 8.88. The van der Waals surface area contributed by atoms with Gasteiger partial charge in [-0.25, -0.2) is 19.3 Å². The third-order valence-electron chi connectivity index (χ3n) is 12.7. The molecule has 3 aliphatic heterocycles. The van der Waals surface area contributed by atoms with Crippen LogP contribution >= 0.6 is 0 Å². The normalized spacial score (nSPS) is 17.1. The van der Waals surface area contributed by atoms with Gasteiger partial charge in [0, 0.05) is 80.4 Å². The Labute approximate surface area is 380 Å². The fourth-order valence-electron chi connectivity index (χ4n) is 8.88. The highest BCUT2D eigenvalue weighted by molar-refractivity contribution is 5.99. The van der Waals surface area contributed by atoms with E-state index in [1.165, 1.54) is 15.4 Å². The van der Waals surface area contributed by atoms with E-state index in [0.29, 0.717) is 65.6 Å². The van der Waals surface area contributed by atoms with Crippen LogP contribution in [0.2, 0.25) is 0 Å². The number of likely N-dealkylation sites (tertiary alicyclic amines) is 1. The molecule has 0 aliphatic carbocycles. The number of rotatable bonds is 13. The van der Waals surface area contributed by atoms with Crippen LogP contribution in [-0.4, -0.2) is 109 Å². The zero-order valence-corrected chi connectivity index (χ0v) is 36.4. The monoisotopic (exact) mass is 887 g/mol. The molecule has 3 fully saturated rings. The number of nitriles is 1. The Morgan fingerprint density at radius 2 is 1.62 bits per heavy atom. The van der Waals surface area contributed by atoms with Crippen LogP contribution in [0, 0.1) is 17.2 Å². The maximum atomic E-state index is 13.2. The van der Waals surface area contributed by atoms with Crippen LogP contribution in [-0.2, 0) is 20.9 Å². The number of nitrogens with zero attached hydrogens (tertiary/aromatic N) is 10. The molecule has 1 unspecified atom stereocenters. The first-order chi connectivity index (χ1) is 32.2. The van der Waals surface area contributed by atoms with E-state index in [1.807, 2.05) is 47.4 Å². The molecule has 9 rings (SSSR count). The predicted octanol–water partition coefficient (Wildman–Crippen LogP) is 4.19. The molecule has 3 saturated heterocycles. The highest BCUT2D eigenvalue weighted by Gasteiger charge is 2.30. The number of piperazine rings is 1. The van der Waals surface area contributed by atoms with Crippen molar-refractivity contribution >= 4 is 34.2 Å². The van der Waals surface area contributed by atoms with Crippen molar-refractivity contribution in [2.75, 3.05) is 57.3 Å². The average Bonchev–Trinajstić information content (AvgIpc) is 3.35. The molecule has 17 heteroatoms. The SMILES string of the molecule is N#Cc1cccc(-c2ccc(=O)n(Cc3cccc(-c4ncc(OCC5CCN(C(=O)CCCN6CCN(c7ccc8c(=O)n(C9CCC(=O)NC9=O)ncc8c7)CC6)CC5)cn4)c3)n2)c1. The number of fused-ring (bicyclic) bond motifs is 1. The smallest absolute Gasteiger partial charge is 0.275 e. The van der Waals surface area contributed by atoms with Gasteiger partial charge in [0.25, 0.3) is 17.0 Å². The second-order valence-electron chi connectivity index (χ2n) is 17.0. The number of imide groups is 1. The first kappa shape index (κ1) is 43.7. The summed E-state index contributed by atoms with van der Waals surface area (Å²) in [6, 6.07) is 25.0. The Morgan fingerprint density at radius 3 is 2.41 bits per heavy atom. The van der Waals surface area contributed by atoms with Gasteiger partial charge >= 0.3 is 0 Å². The molecule has 0 radical (unpaired) electrons. The number of hydrogen-bond donors (Lipinski definition) is 1. The number of piperidine rings is 2. The maximum Gasteiger partial charge on any atom is 0.275 e. The molecule has 336 valence electrons. The van der Waals surface area contributed by atoms with Crippen LogP contribution < -0.4 is 26.1 Å². The maximum absolute atomic E-state index is 13.2. The summed E-state index contributed by atoms with van der Waals surface area (Å²) in [6.45, 7) is 6.43. The van der Waals surface area contributed by atoms with Crippen molar-refractivity contribution in [3.63, 3.8) is 0 Å². The second-order valence-corrected chi connectivity index (χ2v) is 17.0. The molecule has 3 aromatic carbocycles. The first-order valence-electron chi connectivity index (χ1n) is 22.4. The first-order valence-corrected chi connectivity index (χ1v) is 22.4. The average molecular weight is 888 g/mol. The number of nitrogens with one attached hydrogen (secondary N) is 1. The third kappa shape index (κ3) is 10.0. The van der Waals surface area contributed by atoms with Crippen LogP contribution in [0.1, 0.15) is 55.7 Å². The Hall–Kier alpha value is -7.58. The van der Waals surface area contributed by atoms with E-state index >= 15 is 0 Å². The second kappa shape index (κ2) is 19.7. The molecule has 6 aromatic rings. The summed E-state index contributed by atoms with van der Waals surface area (Å²) in [6.07, 6.45) is 8.43. The molecule has 6 heterocycles. The van der Waals surface area contributed by atoms with Crippen molar-refractivity contribution in [1.82, 2.24) is 44.6 Å². The Balaban J connectivity index is 0.685. The van der Waals surface area contributed by atoms with Gasteiger partial charge in [0.05, 0.1) is 54.5 Å². The molecule has 3 aromatic heterocycles. The molecule has 0 spiro atoms.